The van der Waals surface area contributed by atoms with Crippen LogP contribution >= 0.6 is 0 Å². The molecule has 0 aliphatic carbocycles. The Bertz CT molecular complexity index is 976. The van der Waals surface area contributed by atoms with Crippen molar-refractivity contribution < 1.29 is 4.74 Å². The standard InChI is InChI=1S/C23H26N2O/c1-2-16(21-14-25-11-9-17(21)10-12-25)15-26-18-7-8-20-19-5-3-4-6-22(19)24-23(20)13-18/h3-8,13,17,24H,2,9-12,14-15H2,1H3. The van der Waals surface area contributed by atoms with E-state index in [0.717, 1.165) is 36.8 Å². The number of aromatic nitrogens is 1. The summed E-state index contributed by atoms with van der Waals surface area (Å²) in [5.74, 6) is 1.76. The Morgan fingerprint density at radius 3 is 2.65 bits per heavy atom. The largest absolute Gasteiger partial charge is 0.489 e. The molecule has 3 saturated heterocycles. The lowest BCUT2D eigenvalue weighted by Gasteiger charge is -2.42. The van der Waals surface area contributed by atoms with Gasteiger partial charge in [-0.1, -0.05) is 30.7 Å². The van der Waals surface area contributed by atoms with Crippen molar-refractivity contribution in [3.8, 4) is 5.75 Å². The monoisotopic (exact) mass is 346 g/mol. The first-order valence-corrected chi connectivity index (χ1v) is 9.88. The molecule has 0 radical (unpaired) electrons. The Hall–Kier alpha value is -2.26. The first kappa shape index (κ1) is 16.0. The molecule has 0 saturated carbocycles. The van der Waals surface area contributed by atoms with E-state index in [2.05, 4.69) is 59.3 Å². The van der Waals surface area contributed by atoms with Crippen LogP contribution in [-0.2, 0) is 0 Å². The van der Waals surface area contributed by atoms with Crippen LogP contribution in [0.5, 0.6) is 5.75 Å². The Morgan fingerprint density at radius 1 is 1.08 bits per heavy atom. The van der Waals surface area contributed by atoms with Crippen LogP contribution in [0.15, 0.2) is 53.6 Å². The first-order chi connectivity index (χ1) is 12.8. The van der Waals surface area contributed by atoms with Crippen LogP contribution in [-0.4, -0.2) is 36.1 Å². The highest BCUT2D eigenvalue weighted by atomic mass is 16.5. The molecule has 1 aromatic heterocycles. The number of hydrogen-bond acceptors (Lipinski definition) is 2. The summed E-state index contributed by atoms with van der Waals surface area (Å²) >= 11 is 0. The molecule has 2 bridgehead atoms. The van der Waals surface area contributed by atoms with E-state index in [1.54, 1.807) is 5.57 Å². The summed E-state index contributed by atoms with van der Waals surface area (Å²) in [6.07, 6.45) is 3.76. The van der Waals surface area contributed by atoms with Crippen molar-refractivity contribution in [2.24, 2.45) is 5.92 Å². The number of fused-ring (bicyclic) bond motifs is 6. The average Bonchev–Trinajstić information content (AvgIpc) is 3.07. The van der Waals surface area contributed by atoms with E-state index in [9.17, 15) is 0 Å². The van der Waals surface area contributed by atoms with Gasteiger partial charge in [-0.3, -0.25) is 4.90 Å². The van der Waals surface area contributed by atoms with Crippen molar-refractivity contribution in [2.75, 3.05) is 26.2 Å². The number of nitrogens with one attached hydrogen (secondary N) is 1. The minimum absolute atomic E-state index is 0.724. The second kappa shape index (κ2) is 6.48. The van der Waals surface area contributed by atoms with Gasteiger partial charge >= 0.3 is 0 Å². The highest BCUT2D eigenvalue weighted by Crippen LogP contribution is 2.35. The molecule has 4 heterocycles. The van der Waals surface area contributed by atoms with Gasteiger partial charge < -0.3 is 9.72 Å². The minimum Gasteiger partial charge on any atom is -0.489 e. The summed E-state index contributed by atoms with van der Waals surface area (Å²) in [4.78, 5) is 6.11. The third-order valence-corrected chi connectivity index (χ3v) is 6.25. The topological polar surface area (TPSA) is 28.3 Å². The first-order valence-electron chi connectivity index (χ1n) is 9.88. The number of piperidine rings is 3. The Kier molecular flexibility index (Phi) is 3.97. The number of H-pyrrole nitrogens is 1. The molecule has 0 unspecified atom stereocenters. The van der Waals surface area contributed by atoms with E-state index in [0.29, 0.717) is 0 Å². The molecule has 3 heteroatoms. The van der Waals surface area contributed by atoms with Gasteiger partial charge in [-0.25, -0.2) is 0 Å². The molecule has 26 heavy (non-hydrogen) atoms. The third kappa shape index (κ3) is 2.71. The van der Waals surface area contributed by atoms with Crippen molar-refractivity contribution in [2.45, 2.75) is 26.2 Å². The van der Waals surface area contributed by atoms with Gasteiger partial charge in [0, 0.05) is 28.9 Å². The van der Waals surface area contributed by atoms with Crippen molar-refractivity contribution in [1.29, 1.82) is 0 Å². The number of hydrogen-bond donors (Lipinski definition) is 1. The summed E-state index contributed by atoms with van der Waals surface area (Å²) in [6, 6.07) is 14.9. The molecule has 3 aliphatic rings. The van der Waals surface area contributed by atoms with Gasteiger partial charge in [0.25, 0.3) is 0 Å². The van der Waals surface area contributed by atoms with Crippen LogP contribution < -0.4 is 4.74 Å². The molecule has 3 aromatic rings. The van der Waals surface area contributed by atoms with Gasteiger partial charge in [-0.15, -0.1) is 0 Å². The lowest BCUT2D eigenvalue weighted by atomic mass is 9.81. The van der Waals surface area contributed by atoms with Crippen LogP contribution in [0, 0.1) is 5.92 Å². The predicted octanol–water partition coefficient (Wildman–Crippen LogP) is 5.13. The number of aromatic amines is 1. The zero-order chi connectivity index (χ0) is 17.5. The maximum Gasteiger partial charge on any atom is 0.121 e. The van der Waals surface area contributed by atoms with Crippen molar-refractivity contribution in [3.05, 3.63) is 53.6 Å². The molecule has 3 nitrogen and oxygen atoms in total. The van der Waals surface area contributed by atoms with E-state index in [4.69, 9.17) is 4.74 Å². The van der Waals surface area contributed by atoms with Crippen molar-refractivity contribution in [3.63, 3.8) is 0 Å². The van der Waals surface area contributed by atoms with E-state index >= 15 is 0 Å². The van der Waals surface area contributed by atoms with Gasteiger partial charge in [0.05, 0.1) is 5.52 Å². The van der Waals surface area contributed by atoms with Crippen LogP contribution in [0.1, 0.15) is 26.2 Å². The maximum atomic E-state index is 6.23. The molecule has 2 aromatic carbocycles. The average molecular weight is 346 g/mol. The highest BCUT2D eigenvalue weighted by molar-refractivity contribution is 6.07. The van der Waals surface area contributed by atoms with Gasteiger partial charge in [0.15, 0.2) is 0 Å². The second-order valence-corrected chi connectivity index (χ2v) is 7.70. The van der Waals surface area contributed by atoms with E-state index in [1.165, 1.54) is 47.8 Å². The molecule has 3 aliphatic heterocycles. The number of nitrogens with zero attached hydrogens (tertiary/aromatic N) is 1. The molecular formula is C23H26N2O. The Balaban J connectivity index is 1.39. The summed E-state index contributed by atoms with van der Waals surface area (Å²) < 4.78 is 6.23. The fourth-order valence-corrected chi connectivity index (χ4v) is 4.73. The smallest absolute Gasteiger partial charge is 0.121 e. The van der Waals surface area contributed by atoms with E-state index < -0.39 is 0 Å². The molecule has 0 amide bonds. The quantitative estimate of drug-likeness (QED) is 0.663. The SMILES string of the molecule is CCC(COc1ccc2c(c1)[nH]c1ccccc12)=C1CN2CCC1CC2. The van der Waals surface area contributed by atoms with Crippen LogP contribution in [0.25, 0.3) is 21.8 Å². The summed E-state index contributed by atoms with van der Waals surface area (Å²) in [7, 11) is 0. The third-order valence-electron chi connectivity index (χ3n) is 6.25. The normalized spacial score (nSPS) is 24.3. The molecule has 1 N–H and O–H groups in total. The van der Waals surface area contributed by atoms with Crippen molar-refractivity contribution >= 4 is 21.8 Å². The number of para-hydroxylation sites is 1. The maximum absolute atomic E-state index is 6.23. The van der Waals surface area contributed by atoms with Gasteiger partial charge in [-0.05, 0) is 62.0 Å². The minimum atomic E-state index is 0.724. The van der Waals surface area contributed by atoms with Gasteiger partial charge in [-0.2, -0.15) is 0 Å². The summed E-state index contributed by atoms with van der Waals surface area (Å²) in [6.45, 7) is 6.72. The molecule has 0 atom stereocenters. The number of ether oxygens (including phenoxy) is 1. The van der Waals surface area contributed by atoms with Crippen LogP contribution in [0.2, 0.25) is 0 Å². The van der Waals surface area contributed by atoms with E-state index in [-0.39, 0.29) is 0 Å². The second-order valence-electron chi connectivity index (χ2n) is 7.70. The van der Waals surface area contributed by atoms with E-state index in [1.807, 2.05) is 0 Å². The Morgan fingerprint density at radius 2 is 1.88 bits per heavy atom. The zero-order valence-electron chi connectivity index (χ0n) is 15.4. The Labute approximate surface area is 154 Å². The van der Waals surface area contributed by atoms with Crippen LogP contribution in [0.3, 0.4) is 0 Å². The number of rotatable bonds is 4. The van der Waals surface area contributed by atoms with Gasteiger partial charge in [0.1, 0.15) is 12.4 Å². The summed E-state index contributed by atoms with van der Waals surface area (Å²) in [5.41, 5.74) is 5.51. The number of benzene rings is 2. The van der Waals surface area contributed by atoms with Crippen LogP contribution in [0.4, 0.5) is 0 Å². The lowest BCUT2D eigenvalue weighted by molar-refractivity contribution is 0.158. The lowest BCUT2D eigenvalue weighted by Crippen LogP contribution is -2.43. The molecule has 134 valence electrons. The summed E-state index contributed by atoms with van der Waals surface area (Å²) in [5, 5.41) is 2.54. The van der Waals surface area contributed by atoms with Gasteiger partial charge in [0.2, 0.25) is 0 Å². The fourth-order valence-electron chi connectivity index (χ4n) is 4.73. The molecule has 3 fully saturated rings. The molecular weight excluding hydrogens is 320 g/mol. The molecule has 6 rings (SSSR count). The fraction of sp³-hybridized carbons (Fsp3) is 0.391. The highest BCUT2D eigenvalue weighted by Gasteiger charge is 2.31. The predicted molar refractivity (Wildman–Crippen MR) is 108 cm³/mol. The zero-order valence-corrected chi connectivity index (χ0v) is 15.4. The molecule has 0 spiro atoms. The van der Waals surface area contributed by atoms with Crippen molar-refractivity contribution in [1.82, 2.24) is 9.88 Å².